The van der Waals surface area contributed by atoms with E-state index in [-0.39, 0.29) is 10.2 Å². The zero-order valence-electron chi connectivity index (χ0n) is 19.6. The van der Waals surface area contributed by atoms with E-state index < -0.39 is 31.7 Å². The second-order valence-electron chi connectivity index (χ2n) is 10.5. The number of thiazole rings is 1. The van der Waals surface area contributed by atoms with E-state index in [4.69, 9.17) is 13.9 Å². The van der Waals surface area contributed by atoms with Gasteiger partial charge in [-0.2, -0.15) is 4.90 Å². The van der Waals surface area contributed by atoms with E-state index in [9.17, 15) is 9.59 Å². The van der Waals surface area contributed by atoms with Gasteiger partial charge in [0.25, 0.3) is 0 Å². The lowest BCUT2D eigenvalue weighted by atomic mass is 10.2. The molecule has 0 aliphatic heterocycles. The first-order valence-corrected chi connectivity index (χ1v) is 13.5. The number of hydrogen-bond donors (Lipinski definition) is 0. The van der Waals surface area contributed by atoms with Crippen LogP contribution in [-0.2, 0) is 20.5 Å². The minimum Gasteiger partial charge on any atom is -0.443 e. The fourth-order valence-electron chi connectivity index (χ4n) is 1.78. The van der Waals surface area contributed by atoms with Gasteiger partial charge in [0.2, 0.25) is 5.13 Å². The molecule has 1 rings (SSSR count). The van der Waals surface area contributed by atoms with Crippen molar-refractivity contribution in [2.45, 2.75) is 98.3 Å². The Morgan fingerprint density at radius 2 is 1.41 bits per heavy atom. The van der Waals surface area contributed by atoms with E-state index in [0.29, 0.717) is 12.3 Å². The Balaban J connectivity index is 3.09. The molecule has 0 atom stereocenters. The van der Waals surface area contributed by atoms with Crippen molar-refractivity contribution in [3.63, 3.8) is 0 Å². The summed E-state index contributed by atoms with van der Waals surface area (Å²) in [5.74, 6) is 0. The number of ether oxygens (including phenoxy) is 2. The van der Waals surface area contributed by atoms with Gasteiger partial charge in [0.05, 0.1) is 12.3 Å². The zero-order chi connectivity index (χ0) is 22.8. The van der Waals surface area contributed by atoms with Gasteiger partial charge in [-0.05, 0) is 59.7 Å². The zero-order valence-corrected chi connectivity index (χ0v) is 21.4. The number of imide groups is 1. The van der Waals surface area contributed by atoms with E-state index in [1.165, 1.54) is 11.3 Å². The molecule has 0 aliphatic carbocycles. The largest absolute Gasteiger partial charge is 0.443 e. The van der Waals surface area contributed by atoms with Gasteiger partial charge >= 0.3 is 12.2 Å². The first-order valence-electron chi connectivity index (χ1n) is 9.67. The average molecular weight is 445 g/mol. The van der Waals surface area contributed by atoms with Crippen LogP contribution in [0.2, 0.25) is 18.1 Å². The van der Waals surface area contributed by atoms with Crippen LogP contribution >= 0.6 is 11.3 Å². The topological polar surface area (TPSA) is 78.0 Å². The maximum absolute atomic E-state index is 12.7. The van der Waals surface area contributed by atoms with Gasteiger partial charge in [0.15, 0.2) is 8.32 Å². The molecule has 0 aliphatic rings. The van der Waals surface area contributed by atoms with Crippen molar-refractivity contribution >= 4 is 37.0 Å². The predicted molar refractivity (Wildman–Crippen MR) is 119 cm³/mol. The number of carbonyl (C=O) groups is 2. The standard InChI is InChI=1S/C20H36N2O5SSi/c1-18(2,3)26-16(23)22(17(24)27-19(4,5)6)15-21-14(13-28-15)12-25-29(10,11)20(7,8)9/h13H,12H2,1-11H3. The van der Waals surface area contributed by atoms with Crippen LogP contribution in [0, 0.1) is 0 Å². The third-order valence-corrected chi connectivity index (χ3v) is 9.62. The van der Waals surface area contributed by atoms with Gasteiger partial charge < -0.3 is 13.9 Å². The minimum absolute atomic E-state index is 0.0743. The molecule has 1 aromatic rings. The molecule has 1 aromatic heterocycles. The highest BCUT2D eigenvalue weighted by Crippen LogP contribution is 2.37. The second kappa shape index (κ2) is 8.73. The maximum atomic E-state index is 12.7. The molecule has 0 spiro atoms. The van der Waals surface area contributed by atoms with E-state index >= 15 is 0 Å². The Hall–Kier alpha value is -1.45. The molecule has 7 nitrogen and oxygen atoms in total. The molecule has 1 heterocycles. The lowest BCUT2D eigenvalue weighted by Gasteiger charge is -2.35. The van der Waals surface area contributed by atoms with Crippen LogP contribution < -0.4 is 4.90 Å². The fraction of sp³-hybridized carbons (Fsp3) is 0.750. The molecular weight excluding hydrogens is 408 g/mol. The SMILES string of the molecule is CC(C)(C)OC(=O)N(C(=O)OC(C)(C)C)c1nc(CO[Si](C)(C)C(C)(C)C)cs1. The predicted octanol–water partition coefficient (Wildman–Crippen LogP) is 6.34. The van der Waals surface area contributed by atoms with Crippen LogP contribution in [0.3, 0.4) is 0 Å². The number of amides is 2. The molecule has 0 saturated carbocycles. The number of nitrogens with zero attached hydrogens (tertiary/aromatic N) is 2. The Kier molecular flexibility index (Phi) is 7.70. The van der Waals surface area contributed by atoms with Crippen LogP contribution in [0.4, 0.5) is 14.7 Å². The van der Waals surface area contributed by atoms with Crippen molar-refractivity contribution in [2.24, 2.45) is 0 Å². The summed E-state index contributed by atoms with van der Waals surface area (Å²) in [5.41, 5.74) is -0.863. The quantitative estimate of drug-likeness (QED) is 0.504. The molecule has 2 amide bonds. The highest BCUT2D eigenvalue weighted by Gasteiger charge is 2.38. The third-order valence-electron chi connectivity index (χ3n) is 4.27. The molecule has 0 fully saturated rings. The third kappa shape index (κ3) is 8.06. The van der Waals surface area contributed by atoms with Crippen LogP contribution in [0.1, 0.15) is 68.0 Å². The summed E-state index contributed by atoms with van der Waals surface area (Å²) in [5, 5.41) is 2.05. The van der Waals surface area contributed by atoms with Crippen molar-refractivity contribution in [1.82, 2.24) is 4.98 Å². The highest BCUT2D eigenvalue weighted by molar-refractivity contribution is 7.14. The number of carbonyl (C=O) groups excluding carboxylic acids is 2. The molecule has 29 heavy (non-hydrogen) atoms. The monoisotopic (exact) mass is 444 g/mol. The minimum atomic E-state index is -1.94. The van der Waals surface area contributed by atoms with Gasteiger partial charge in [0, 0.05) is 5.38 Å². The first-order chi connectivity index (χ1) is 12.8. The Labute approximate surface area is 179 Å². The molecule has 0 bridgehead atoms. The average Bonchev–Trinajstić information content (AvgIpc) is 2.88. The number of hydrogen-bond acceptors (Lipinski definition) is 7. The summed E-state index contributed by atoms with van der Waals surface area (Å²) in [6.07, 6.45) is -1.64. The summed E-state index contributed by atoms with van der Waals surface area (Å²) in [7, 11) is -1.94. The van der Waals surface area contributed by atoms with E-state index in [0.717, 1.165) is 4.90 Å². The molecule has 0 radical (unpaired) electrons. The second-order valence-corrected chi connectivity index (χ2v) is 16.1. The van der Waals surface area contributed by atoms with Gasteiger partial charge in [-0.1, -0.05) is 20.8 Å². The highest BCUT2D eigenvalue weighted by atomic mass is 32.1. The lowest BCUT2D eigenvalue weighted by Crippen LogP contribution is -2.43. The number of anilines is 1. The molecular formula is C20H36N2O5SSi. The van der Waals surface area contributed by atoms with Crippen molar-refractivity contribution in [2.75, 3.05) is 4.90 Å². The first kappa shape index (κ1) is 25.6. The molecule has 166 valence electrons. The smallest absolute Gasteiger partial charge is 0.426 e. The van der Waals surface area contributed by atoms with Crippen molar-refractivity contribution in [3.8, 4) is 0 Å². The molecule has 0 N–H and O–H groups in total. The summed E-state index contributed by atoms with van der Waals surface area (Å²) in [6.45, 7) is 21.5. The van der Waals surface area contributed by atoms with Crippen molar-refractivity contribution in [3.05, 3.63) is 11.1 Å². The Morgan fingerprint density at radius 3 is 1.79 bits per heavy atom. The lowest BCUT2D eigenvalue weighted by molar-refractivity contribution is 0.0430. The summed E-state index contributed by atoms with van der Waals surface area (Å²) in [4.78, 5) is 30.7. The van der Waals surface area contributed by atoms with E-state index in [2.05, 4.69) is 38.8 Å². The number of aromatic nitrogens is 1. The van der Waals surface area contributed by atoms with Gasteiger partial charge in [-0.3, -0.25) is 0 Å². The number of rotatable bonds is 4. The van der Waals surface area contributed by atoms with E-state index in [1.54, 1.807) is 46.9 Å². The molecule has 0 unspecified atom stereocenters. The van der Waals surface area contributed by atoms with Crippen LogP contribution in [-0.4, -0.2) is 36.7 Å². The summed E-state index contributed by atoms with van der Waals surface area (Å²) in [6, 6.07) is 0. The summed E-state index contributed by atoms with van der Waals surface area (Å²) < 4.78 is 17.0. The Bertz CT molecular complexity index is 698. The van der Waals surface area contributed by atoms with Crippen molar-refractivity contribution < 1.29 is 23.5 Å². The van der Waals surface area contributed by atoms with Crippen LogP contribution in [0.15, 0.2) is 5.38 Å². The van der Waals surface area contributed by atoms with Crippen LogP contribution in [0.5, 0.6) is 0 Å². The Morgan fingerprint density at radius 1 is 0.966 bits per heavy atom. The van der Waals surface area contributed by atoms with Crippen LogP contribution in [0.25, 0.3) is 0 Å². The van der Waals surface area contributed by atoms with Crippen molar-refractivity contribution in [1.29, 1.82) is 0 Å². The maximum Gasteiger partial charge on any atom is 0.426 e. The fourth-order valence-corrected chi connectivity index (χ4v) is 3.51. The van der Waals surface area contributed by atoms with Gasteiger partial charge in [0.1, 0.15) is 11.2 Å². The molecule has 0 saturated heterocycles. The molecule has 0 aromatic carbocycles. The van der Waals surface area contributed by atoms with E-state index in [1.807, 2.05) is 0 Å². The van der Waals surface area contributed by atoms with Gasteiger partial charge in [-0.25, -0.2) is 14.6 Å². The summed E-state index contributed by atoms with van der Waals surface area (Å²) >= 11 is 1.17. The molecule has 9 heteroatoms. The normalized spacial score (nSPS) is 13.2. The van der Waals surface area contributed by atoms with Gasteiger partial charge in [-0.15, -0.1) is 11.3 Å².